The van der Waals surface area contributed by atoms with Crippen molar-refractivity contribution in [3.05, 3.63) is 47.7 Å². The first-order chi connectivity index (χ1) is 11.5. The summed E-state index contributed by atoms with van der Waals surface area (Å²) < 4.78 is 0. The molecule has 2 aromatic rings. The molecule has 0 spiro atoms. The Labute approximate surface area is 145 Å². The highest BCUT2D eigenvalue weighted by Crippen LogP contribution is 2.20. The van der Waals surface area contributed by atoms with Crippen molar-refractivity contribution < 1.29 is 0 Å². The van der Waals surface area contributed by atoms with Gasteiger partial charge in [-0.3, -0.25) is 0 Å². The van der Waals surface area contributed by atoms with Crippen LogP contribution in [-0.4, -0.2) is 48.1 Å². The summed E-state index contributed by atoms with van der Waals surface area (Å²) in [5, 5.41) is 3.32. The average Bonchev–Trinajstić information content (AvgIpc) is 2.52. The zero-order valence-corrected chi connectivity index (χ0v) is 15.5. The number of anilines is 2. The summed E-state index contributed by atoms with van der Waals surface area (Å²) in [5.74, 6) is 1.67. The maximum atomic E-state index is 4.73. The summed E-state index contributed by atoms with van der Waals surface area (Å²) in [6.07, 6.45) is 0. The molecule has 0 amide bonds. The van der Waals surface area contributed by atoms with Crippen molar-refractivity contribution in [3.63, 3.8) is 0 Å². The van der Waals surface area contributed by atoms with Crippen LogP contribution in [0.4, 0.5) is 11.8 Å². The molecular formula is C19H29N5. The van der Waals surface area contributed by atoms with Gasteiger partial charge in [0.15, 0.2) is 0 Å². The Kier molecular flexibility index (Phi) is 6.55. The van der Waals surface area contributed by atoms with Crippen LogP contribution in [-0.2, 0) is 6.54 Å². The average molecular weight is 327 g/mol. The van der Waals surface area contributed by atoms with Gasteiger partial charge in [-0.1, -0.05) is 30.3 Å². The maximum Gasteiger partial charge on any atom is 0.224 e. The van der Waals surface area contributed by atoms with E-state index in [1.165, 1.54) is 5.56 Å². The number of hydrogen-bond donors (Lipinski definition) is 1. The fourth-order valence-corrected chi connectivity index (χ4v) is 2.48. The third-order valence-electron chi connectivity index (χ3n) is 3.80. The summed E-state index contributed by atoms with van der Waals surface area (Å²) in [6.45, 7) is 9.02. The van der Waals surface area contributed by atoms with E-state index in [0.717, 1.165) is 31.1 Å². The fourth-order valence-electron chi connectivity index (χ4n) is 2.48. The molecule has 5 heteroatoms. The van der Waals surface area contributed by atoms with Gasteiger partial charge in [0.1, 0.15) is 5.82 Å². The summed E-state index contributed by atoms with van der Waals surface area (Å²) in [6, 6.07) is 12.9. The van der Waals surface area contributed by atoms with Crippen LogP contribution in [0.1, 0.15) is 25.1 Å². The standard InChI is InChI=1S/C19H29N5/c1-15(2)24(14-17-9-7-6-8-10-17)18-13-16(3)21-19(22-18)20-11-12-23(4)5/h6-10,13,15H,11-12,14H2,1-5H3,(H,20,21,22). The van der Waals surface area contributed by atoms with E-state index in [4.69, 9.17) is 4.98 Å². The highest BCUT2D eigenvalue weighted by atomic mass is 15.2. The normalized spacial score (nSPS) is 11.1. The number of aryl methyl sites for hydroxylation is 1. The lowest BCUT2D eigenvalue weighted by Gasteiger charge is -2.28. The highest BCUT2D eigenvalue weighted by Gasteiger charge is 2.14. The maximum absolute atomic E-state index is 4.73. The van der Waals surface area contributed by atoms with Gasteiger partial charge in [-0.15, -0.1) is 0 Å². The van der Waals surface area contributed by atoms with Gasteiger partial charge in [0, 0.05) is 37.4 Å². The van der Waals surface area contributed by atoms with Gasteiger partial charge in [-0.05, 0) is 40.4 Å². The Morgan fingerprint density at radius 2 is 1.79 bits per heavy atom. The Balaban J connectivity index is 2.18. The molecule has 0 aliphatic rings. The van der Waals surface area contributed by atoms with Crippen LogP contribution in [0.25, 0.3) is 0 Å². The lowest BCUT2D eigenvalue weighted by molar-refractivity contribution is 0.425. The molecule has 0 atom stereocenters. The second-order valence-electron chi connectivity index (χ2n) is 6.63. The Bertz CT molecular complexity index is 625. The summed E-state index contributed by atoms with van der Waals surface area (Å²) in [5.41, 5.74) is 2.26. The monoisotopic (exact) mass is 327 g/mol. The molecule has 1 aromatic carbocycles. The molecule has 0 fully saturated rings. The van der Waals surface area contributed by atoms with Crippen molar-refractivity contribution in [2.24, 2.45) is 0 Å². The molecule has 24 heavy (non-hydrogen) atoms. The lowest BCUT2D eigenvalue weighted by Crippen LogP contribution is -2.31. The largest absolute Gasteiger partial charge is 0.353 e. The number of likely N-dealkylation sites (N-methyl/N-ethyl adjacent to an activating group) is 1. The van der Waals surface area contributed by atoms with Gasteiger partial charge < -0.3 is 15.1 Å². The van der Waals surface area contributed by atoms with E-state index in [0.29, 0.717) is 12.0 Å². The molecule has 0 bridgehead atoms. The van der Waals surface area contributed by atoms with Crippen molar-refractivity contribution >= 4 is 11.8 Å². The molecular weight excluding hydrogens is 298 g/mol. The van der Waals surface area contributed by atoms with E-state index < -0.39 is 0 Å². The van der Waals surface area contributed by atoms with Gasteiger partial charge in [-0.2, -0.15) is 4.98 Å². The van der Waals surface area contributed by atoms with Crippen molar-refractivity contribution in [3.8, 4) is 0 Å². The number of nitrogens with zero attached hydrogens (tertiary/aromatic N) is 4. The smallest absolute Gasteiger partial charge is 0.224 e. The van der Waals surface area contributed by atoms with E-state index in [-0.39, 0.29) is 0 Å². The fraction of sp³-hybridized carbons (Fsp3) is 0.474. The van der Waals surface area contributed by atoms with Crippen LogP contribution < -0.4 is 10.2 Å². The first-order valence-electron chi connectivity index (χ1n) is 8.50. The molecule has 0 saturated heterocycles. The van der Waals surface area contributed by atoms with E-state index >= 15 is 0 Å². The first kappa shape index (κ1) is 18.2. The van der Waals surface area contributed by atoms with Crippen LogP contribution in [0.15, 0.2) is 36.4 Å². The van der Waals surface area contributed by atoms with Crippen LogP contribution in [0.3, 0.4) is 0 Å². The highest BCUT2D eigenvalue weighted by molar-refractivity contribution is 5.46. The van der Waals surface area contributed by atoms with E-state index in [9.17, 15) is 0 Å². The minimum absolute atomic E-state index is 0.356. The molecule has 0 aliphatic carbocycles. The van der Waals surface area contributed by atoms with Crippen LogP contribution in [0.2, 0.25) is 0 Å². The molecule has 1 aromatic heterocycles. The van der Waals surface area contributed by atoms with Gasteiger partial charge in [0.25, 0.3) is 0 Å². The second kappa shape index (κ2) is 8.64. The summed E-state index contributed by atoms with van der Waals surface area (Å²) in [7, 11) is 4.12. The molecule has 0 radical (unpaired) electrons. The van der Waals surface area contributed by atoms with Crippen molar-refractivity contribution in [1.29, 1.82) is 0 Å². The van der Waals surface area contributed by atoms with Crippen LogP contribution >= 0.6 is 0 Å². The molecule has 2 rings (SSSR count). The van der Waals surface area contributed by atoms with Gasteiger partial charge in [0.05, 0.1) is 0 Å². The zero-order valence-electron chi connectivity index (χ0n) is 15.5. The molecule has 0 unspecified atom stereocenters. The van der Waals surface area contributed by atoms with Crippen LogP contribution in [0.5, 0.6) is 0 Å². The number of benzene rings is 1. The Hall–Kier alpha value is -2.14. The summed E-state index contributed by atoms with van der Waals surface area (Å²) >= 11 is 0. The van der Waals surface area contributed by atoms with Gasteiger partial charge >= 0.3 is 0 Å². The number of rotatable bonds is 8. The number of hydrogen-bond acceptors (Lipinski definition) is 5. The predicted molar refractivity (Wildman–Crippen MR) is 102 cm³/mol. The minimum Gasteiger partial charge on any atom is -0.353 e. The van der Waals surface area contributed by atoms with Crippen LogP contribution in [0, 0.1) is 6.92 Å². The molecule has 0 saturated carbocycles. The van der Waals surface area contributed by atoms with E-state index in [2.05, 4.69) is 78.4 Å². The van der Waals surface area contributed by atoms with Crippen molar-refractivity contribution in [2.45, 2.75) is 33.4 Å². The minimum atomic E-state index is 0.356. The molecule has 1 heterocycles. The zero-order chi connectivity index (χ0) is 17.5. The third-order valence-corrected chi connectivity index (χ3v) is 3.80. The lowest BCUT2D eigenvalue weighted by atomic mass is 10.2. The Morgan fingerprint density at radius 1 is 1.08 bits per heavy atom. The molecule has 5 nitrogen and oxygen atoms in total. The SMILES string of the molecule is Cc1cc(N(Cc2ccccc2)C(C)C)nc(NCCN(C)C)n1. The van der Waals surface area contributed by atoms with E-state index in [1.54, 1.807) is 0 Å². The number of nitrogens with one attached hydrogen (secondary N) is 1. The topological polar surface area (TPSA) is 44.3 Å². The van der Waals surface area contributed by atoms with Crippen molar-refractivity contribution in [1.82, 2.24) is 14.9 Å². The second-order valence-corrected chi connectivity index (χ2v) is 6.63. The quantitative estimate of drug-likeness (QED) is 0.807. The van der Waals surface area contributed by atoms with Gasteiger partial charge in [0.2, 0.25) is 5.95 Å². The van der Waals surface area contributed by atoms with Crippen molar-refractivity contribution in [2.75, 3.05) is 37.4 Å². The molecule has 0 aliphatic heterocycles. The van der Waals surface area contributed by atoms with Gasteiger partial charge in [-0.25, -0.2) is 4.98 Å². The third kappa shape index (κ3) is 5.49. The molecule has 1 N–H and O–H groups in total. The summed E-state index contributed by atoms with van der Waals surface area (Å²) in [4.78, 5) is 13.7. The first-order valence-corrected chi connectivity index (χ1v) is 8.50. The predicted octanol–water partition coefficient (Wildman–Crippen LogP) is 3.17. The Morgan fingerprint density at radius 3 is 2.42 bits per heavy atom. The van der Waals surface area contributed by atoms with E-state index in [1.807, 2.05) is 13.0 Å². The molecule has 130 valence electrons. The number of aromatic nitrogens is 2.